The number of nitrogens with one attached hydrogen (secondary N) is 2. The zero-order valence-electron chi connectivity index (χ0n) is 15.1. The van der Waals surface area contributed by atoms with E-state index in [0.717, 1.165) is 21.7 Å². The highest BCUT2D eigenvalue weighted by atomic mass is 19.1. The lowest BCUT2D eigenvalue weighted by atomic mass is 10.0. The van der Waals surface area contributed by atoms with E-state index in [2.05, 4.69) is 10.6 Å². The van der Waals surface area contributed by atoms with Crippen molar-refractivity contribution in [3.05, 3.63) is 72.2 Å². The summed E-state index contributed by atoms with van der Waals surface area (Å²) in [5.41, 5.74) is 1.83. The molecule has 1 aromatic heterocycles. The summed E-state index contributed by atoms with van der Waals surface area (Å²) in [4.78, 5) is 23.7. The van der Waals surface area contributed by atoms with Crippen LogP contribution in [0.4, 0.5) is 15.8 Å². The Hall–Kier alpha value is -3.67. The van der Waals surface area contributed by atoms with Gasteiger partial charge in [-0.05, 0) is 35.0 Å². The third-order valence-electron chi connectivity index (χ3n) is 4.45. The molecule has 0 radical (unpaired) electrons. The highest BCUT2D eigenvalue weighted by Crippen LogP contribution is 2.30. The quantitative estimate of drug-likeness (QED) is 0.534. The Balaban J connectivity index is 1.61. The number of hydrogen-bond donors (Lipinski definition) is 2. The summed E-state index contributed by atoms with van der Waals surface area (Å²) in [6.45, 7) is 1.36. The Morgan fingerprint density at radius 2 is 1.86 bits per heavy atom. The van der Waals surface area contributed by atoms with Crippen molar-refractivity contribution in [3.63, 3.8) is 0 Å². The van der Waals surface area contributed by atoms with Crippen LogP contribution >= 0.6 is 0 Å². The molecule has 0 fully saturated rings. The minimum atomic E-state index is -0.579. The van der Waals surface area contributed by atoms with Crippen molar-refractivity contribution in [2.24, 2.45) is 0 Å². The second kappa shape index (κ2) is 7.15. The number of furan rings is 1. The van der Waals surface area contributed by atoms with E-state index in [9.17, 15) is 14.0 Å². The molecular formula is C22H17FN2O3. The van der Waals surface area contributed by atoms with E-state index in [4.69, 9.17) is 4.42 Å². The van der Waals surface area contributed by atoms with Crippen LogP contribution in [0.25, 0.3) is 21.7 Å². The Morgan fingerprint density at radius 1 is 1.04 bits per heavy atom. The van der Waals surface area contributed by atoms with Gasteiger partial charge in [-0.15, -0.1) is 0 Å². The summed E-state index contributed by atoms with van der Waals surface area (Å²) in [6.07, 6.45) is 1.59. The monoisotopic (exact) mass is 376 g/mol. The van der Waals surface area contributed by atoms with Gasteiger partial charge in [-0.3, -0.25) is 9.59 Å². The second-order valence-corrected chi connectivity index (χ2v) is 6.52. The Kier molecular flexibility index (Phi) is 4.53. The zero-order valence-corrected chi connectivity index (χ0v) is 15.1. The lowest BCUT2D eigenvalue weighted by Crippen LogP contribution is -2.15. The van der Waals surface area contributed by atoms with Crippen LogP contribution in [0.3, 0.4) is 0 Å². The minimum Gasteiger partial charge on any atom is -0.464 e. The summed E-state index contributed by atoms with van der Waals surface area (Å²) >= 11 is 0. The van der Waals surface area contributed by atoms with Gasteiger partial charge >= 0.3 is 0 Å². The smallest absolute Gasteiger partial charge is 0.229 e. The maximum atomic E-state index is 14.1. The van der Waals surface area contributed by atoms with Crippen LogP contribution in [-0.4, -0.2) is 11.8 Å². The Bertz CT molecular complexity index is 1210. The molecule has 2 amide bonds. The largest absolute Gasteiger partial charge is 0.464 e. The normalized spacial score (nSPS) is 10.9. The van der Waals surface area contributed by atoms with E-state index in [-0.39, 0.29) is 23.9 Å². The van der Waals surface area contributed by atoms with E-state index in [1.54, 1.807) is 6.26 Å². The SMILES string of the molecule is CC(=O)Nc1ccc(F)c(NC(=O)Cc2coc3ccc4ccccc4c23)c1. The van der Waals surface area contributed by atoms with Crippen LogP contribution in [0.5, 0.6) is 0 Å². The number of hydrogen-bond acceptors (Lipinski definition) is 3. The highest BCUT2D eigenvalue weighted by molar-refractivity contribution is 6.09. The van der Waals surface area contributed by atoms with E-state index >= 15 is 0 Å². The van der Waals surface area contributed by atoms with Gasteiger partial charge in [0.05, 0.1) is 18.4 Å². The summed E-state index contributed by atoms with van der Waals surface area (Å²) in [7, 11) is 0. The van der Waals surface area contributed by atoms with Crippen molar-refractivity contribution >= 4 is 44.9 Å². The lowest BCUT2D eigenvalue weighted by Gasteiger charge is -2.09. The molecule has 140 valence electrons. The van der Waals surface area contributed by atoms with Crippen LogP contribution in [0, 0.1) is 5.82 Å². The van der Waals surface area contributed by atoms with Gasteiger partial charge in [-0.2, -0.15) is 0 Å². The van der Waals surface area contributed by atoms with Gasteiger partial charge in [0.25, 0.3) is 0 Å². The average molecular weight is 376 g/mol. The minimum absolute atomic E-state index is 0.00825. The number of amides is 2. The number of benzene rings is 3. The first-order valence-corrected chi connectivity index (χ1v) is 8.76. The van der Waals surface area contributed by atoms with Gasteiger partial charge in [-0.25, -0.2) is 4.39 Å². The zero-order chi connectivity index (χ0) is 19.7. The van der Waals surface area contributed by atoms with Crippen molar-refractivity contribution < 1.29 is 18.4 Å². The molecule has 0 bridgehead atoms. The number of carbonyl (C=O) groups is 2. The van der Waals surface area contributed by atoms with Crippen LogP contribution in [0.2, 0.25) is 0 Å². The van der Waals surface area contributed by atoms with Gasteiger partial charge in [0, 0.05) is 23.6 Å². The number of anilines is 2. The molecule has 2 N–H and O–H groups in total. The summed E-state index contributed by atoms with van der Waals surface area (Å²) in [5, 5.41) is 8.05. The van der Waals surface area contributed by atoms with Crippen LogP contribution in [0.1, 0.15) is 12.5 Å². The molecule has 1 heterocycles. The van der Waals surface area contributed by atoms with Crippen LogP contribution in [-0.2, 0) is 16.0 Å². The van der Waals surface area contributed by atoms with Crippen molar-refractivity contribution in [3.8, 4) is 0 Å². The van der Waals surface area contributed by atoms with Crippen molar-refractivity contribution in [1.29, 1.82) is 0 Å². The predicted molar refractivity (Wildman–Crippen MR) is 107 cm³/mol. The van der Waals surface area contributed by atoms with E-state index in [1.165, 1.54) is 25.1 Å². The lowest BCUT2D eigenvalue weighted by molar-refractivity contribution is -0.116. The third-order valence-corrected chi connectivity index (χ3v) is 4.45. The van der Waals surface area contributed by atoms with Gasteiger partial charge in [-0.1, -0.05) is 30.3 Å². The Morgan fingerprint density at radius 3 is 2.68 bits per heavy atom. The molecule has 4 rings (SSSR count). The highest BCUT2D eigenvalue weighted by Gasteiger charge is 2.15. The maximum Gasteiger partial charge on any atom is 0.229 e. The van der Waals surface area contributed by atoms with Gasteiger partial charge in [0.2, 0.25) is 11.8 Å². The number of carbonyl (C=O) groups excluding carboxylic acids is 2. The molecular weight excluding hydrogens is 359 g/mol. The molecule has 0 aliphatic rings. The third kappa shape index (κ3) is 3.44. The first kappa shape index (κ1) is 17.7. The fourth-order valence-electron chi connectivity index (χ4n) is 3.27. The average Bonchev–Trinajstić information content (AvgIpc) is 3.07. The van der Waals surface area contributed by atoms with E-state index < -0.39 is 5.82 Å². The summed E-state index contributed by atoms with van der Waals surface area (Å²) in [5.74, 6) is -1.24. The van der Waals surface area contributed by atoms with Gasteiger partial charge in [0.1, 0.15) is 11.4 Å². The van der Waals surface area contributed by atoms with Gasteiger partial charge in [0.15, 0.2) is 0 Å². The molecule has 0 saturated heterocycles. The van der Waals surface area contributed by atoms with Crippen LogP contribution < -0.4 is 10.6 Å². The first-order chi connectivity index (χ1) is 13.5. The second-order valence-electron chi connectivity index (χ2n) is 6.52. The molecule has 5 nitrogen and oxygen atoms in total. The first-order valence-electron chi connectivity index (χ1n) is 8.76. The summed E-state index contributed by atoms with van der Waals surface area (Å²) < 4.78 is 19.7. The van der Waals surface area contributed by atoms with E-state index in [0.29, 0.717) is 11.3 Å². The molecule has 0 aliphatic carbocycles. The number of halogens is 1. The molecule has 3 aromatic carbocycles. The van der Waals surface area contributed by atoms with E-state index in [1.807, 2.05) is 36.4 Å². The standard InChI is InChI=1S/C22H17FN2O3/c1-13(26)24-16-7-8-18(23)19(11-16)25-21(27)10-15-12-28-20-9-6-14-4-2-3-5-17(14)22(15)20/h2-9,11-12H,10H2,1H3,(H,24,26)(H,25,27). The predicted octanol–water partition coefficient (Wildman–Crippen LogP) is 4.86. The molecule has 0 saturated carbocycles. The summed E-state index contributed by atoms with van der Waals surface area (Å²) in [6, 6.07) is 15.7. The molecule has 0 unspecified atom stereocenters. The molecule has 0 atom stereocenters. The Labute approximate surface area is 160 Å². The van der Waals surface area contributed by atoms with Gasteiger partial charge < -0.3 is 15.1 Å². The molecule has 4 aromatic rings. The molecule has 6 heteroatoms. The fourth-order valence-corrected chi connectivity index (χ4v) is 3.27. The maximum absolute atomic E-state index is 14.1. The topological polar surface area (TPSA) is 71.3 Å². The molecule has 28 heavy (non-hydrogen) atoms. The van der Waals surface area contributed by atoms with Crippen molar-refractivity contribution in [2.75, 3.05) is 10.6 Å². The fraction of sp³-hybridized carbons (Fsp3) is 0.0909. The number of rotatable bonds is 4. The molecule has 0 spiro atoms. The van der Waals surface area contributed by atoms with Crippen molar-refractivity contribution in [1.82, 2.24) is 0 Å². The van der Waals surface area contributed by atoms with Crippen LogP contribution in [0.15, 0.2) is 65.3 Å². The molecule has 0 aliphatic heterocycles. The number of fused-ring (bicyclic) bond motifs is 3. The van der Waals surface area contributed by atoms with Crippen molar-refractivity contribution in [2.45, 2.75) is 13.3 Å².